The normalized spacial score (nSPS) is 23.1. The van der Waals surface area contributed by atoms with E-state index in [0.717, 1.165) is 64.1 Å². The highest BCUT2D eigenvalue weighted by Crippen LogP contribution is 2.37. The zero-order chi connectivity index (χ0) is 24.1. The second-order valence-corrected chi connectivity index (χ2v) is 10.6. The van der Waals surface area contributed by atoms with E-state index in [-0.39, 0.29) is 0 Å². The van der Waals surface area contributed by atoms with E-state index in [1.165, 1.54) is 5.56 Å². The van der Waals surface area contributed by atoms with E-state index in [0.29, 0.717) is 48.2 Å². The number of carbonyl (C=O) groups excluding carboxylic acids is 1. The molecule has 7 heteroatoms. The van der Waals surface area contributed by atoms with Gasteiger partial charge in [-0.05, 0) is 84.2 Å². The standard InChI is InChI=1S/C26H46N6O/c1-7-9-31-17-20(12-21-14-23-22(15-24(21)31)16-28-26(27)29-23)13-25(33)30(8-2)10-11-32(18(3)4)19(5)6/h16,18-21,24H,7-15,17H2,1-6H3,(H2,27,28,29)/t20-,21-,24-/m1/s1. The Balaban J connectivity index is 1.65. The van der Waals surface area contributed by atoms with Gasteiger partial charge in [-0.1, -0.05) is 6.92 Å². The number of nitrogens with zero attached hydrogens (tertiary/aromatic N) is 5. The topological polar surface area (TPSA) is 78.6 Å². The number of aromatic nitrogens is 2. The molecule has 3 rings (SSSR count). The van der Waals surface area contributed by atoms with Gasteiger partial charge in [-0.2, -0.15) is 0 Å². The predicted octanol–water partition coefficient (Wildman–Crippen LogP) is 3.23. The molecule has 186 valence electrons. The molecule has 2 N–H and O–H groups in total. The number of piperidine rings is 1. The van der Waals surface area contributed by atoms with Gasteiger partial charge in [0, 0.05) is 62.6 Å². The van der Waals surface area contributed by atoms with E-state index >= 15 is 0 Å². The number of anilines is 1. The van der Waals surface area contributed by atoms with Gasteiger partial charge in [0.1, 0.15) is 0 Å². The van der Waals surface area contributed by atoms with Crippen molar-refractivity contribution in [1.29, 1.82) is 0 Å². The number of fused-ring (bicyclic) bond motifs is 2. The highest BCUT2D eigenvalue weighted by Gasteiger charge is 2.40. The smallest absolute Gasteiger partial charge is 0.222 e. The van der Waals surface area contributed by atoms with Crippen LogP contribution < -0.4 is 5.73 Å². The fourth-order valence-electron chi connectivity index (χ4n) is 6.09. The molecule has 1 saturated heterocycles. The maximum atomic E-state index is 13.3. The number of hydrogen-bond donors (Lipinski definition) is 1. The summed E-state index contributed by atoms with van der Waals surface area (Å²) >= 11 is 0. The minimum atomic E-state index is 0.313. The lowest BCUT2D eigenvalue weighted by molar-refractivity contribution is -0.133. The van der Waals surface area contributed by atoms with Gasteiger partial charge in [0.2, 0.25) is 11.9 Å². The maximum absolute atomic E-state index is 13.3. The van der Waals surface area contributed by atoms with E-state index in [1.807, 2.05) is 6.20 Å². The first-order chi connectivity index (χ1) is 15.7. The summed E-state index contributed by atoms with van der Waals surface area (Å²) in [5, 5.41) is 0. The van der Waals surface area contributed by atoms with E-state index in [1.54, 1.807) is 0 Å². The van der Waals surface area contributed by atoms with Crippen LogP contribution in [0, 0.1) is 11.8 Å². The minimum absolute atomic E-state index is 0.313. The summed E-state index contributed by atoms with van der Waals surface area (Å²) in [5.74, 6) is 1.63. The van der Waals surface area contributed by atoms with Crippen LogP contribution in [0.5, 0.6) is 0 Å². The van der Waals surface area contributed by atoms with Crippen molar-refractivity contribution in [2.24, 2.45) is 11.8 Å². The Hall–Kier alpha value is -1.73. The van der Waals surface area contributed by atoms with Crippen LogP contribution >= 0.6 is 0 Å². The summed E-state index contributed by atoms with van der Waals surface area (Å²) in [4.78, 5) is 29.3. The first-order valence-corrected chi connectivity index (χ1v) is 13.1. The summed E-state index contributed by atoms with van der Waals surface area (Å²) in [5.41, 5.74) is 8.23. The molecule has 0 spiro atoms. The van der Waals surface area contributed by atoms with Crippen LogP contribution in [0.3, 0.4) is 0 Å². The van der Waals surface area contributed by atoms with Crippen molar-refractivity contribution in [2.75, 3.05) is 38.5 Å². The van der Waals surface area contributed by atoms with Gasteiger partial charge < -0.3 is 10.6 Å². The van der Waals surface area contributed by atoms with Gasteiger partial charge in [-0.25, -0.2) is 9.97 Å². The molecule has 1 fully saturated rings. The second kappa shape index (κ2) is 11.6. The van der Waals surface area contributed by atoms with Crippen molar-refractivity contribution >= 4 is 11.9 Å². The van der Waals surface area contributed by atoms with Crippen LogP contribution in [0.25, 0.3) is 0 Å². The lowest BCUT2D eigenvalue weighted by Gasteiger charge is -2.47. The lowest BCUT2D eigenvalue weighted by atomic mass is 9.73. The van der Waals surface area contributed by atoms with Crippen molar-refractivity contribution in [3.05, 3.63) is 17.5 Å². The van der Waals surface area contributed by atoms with Gasteiger partial charge in [0.25, 0.3) is 0 Å². The molecule has 2 aliphatic rings. The van der Waals surface area contributed by atoms with Crippen molar-refractivity contribution < 1.29 is 4.79 Å². The monoisotopic (exact) mass is 458 g/mol. The highest BCUT2D eigenvalue weighted by atomic mass is 16.2. The zero-order valence-electron chi connectivity index (χ0n) is 21.8. The van der Waals surface area contributed by atoms with Crippen molar-refractivity contribution in [2.45, 2.75) is 91.8 Å². The Labute approximate surface area is 201 Å². The molecule has 0 unspecified atom stereocenters. The van der Waals surface area contributed by atoms with Crippen molar-refractivity contribution in [3.8, 4) is 0 Å². The average Bonchev–Trinajstić information content (AvgIpc) is 2.75. The first-order valence-electron chi connectivity index (χ1n) is 13.1. The van der Waals surface area contributed by atoms with Crippen LogP contribution in [-0.4, -0.2) is 81.4 Å². The first kappa shape index (κ1) is 25.9. The molecule has 0 radical (unpaired) electrons. The molecule has 3 atom stereocenters. The van der Waals surface area contributed by atoms with Crippen molar-refractivity contribution in [3.63, 3.8) is 0 Å². The van der Waals surface area contributed by atoms with Crippen LogP contribution in [0.2, 0.25) is 0 Å². The third-order valence-electron chi connectivity index (χ3n) is 7.66. The number of likely N-dealkylation sites (N-methyl/N-ethyl adjacent to an activating group) is 1. The summed E-state index contributed by atoms with van der Waals surface area (Å²) in [7, 11) is 0. The maximum Gasteiger partial charge on any atom is 0.222 e. The number of likely N-dealkylation sites (tertiary alicyclic amines) is 1. The molecule has 1 amide bonds. The molecule has 1 aliphatic carbocycles. The van der Waals surface area contributed by atoms with E-state index < -0.39 is 0 Å². The Kier molecular flexibility index (Phi) is 9.10. The third-order valence-corrected chi connectivity index (χ3v) is 7.66. The molecule has 0 aromatic carbocycles. The Bertz CT molecular complexity index is 774. The highest BCUT2D eigenvalue weighted by molar-refractivity contribution is 5.76. The van der Waals surface area contributed by atoms with Crippen LogP contribution in [0.1, 0.15) is 72.1 Å². The van der Waals surface area contributed by atoms with Gasteiger partial charge >= 0.3 is 0 Å². The van der Waals surface area contributed by atoms with E-state index in [4.69, 9.17) is 5.73 Å². The molecule has 7 nitrogen and oxygen atoms in total. The Morgan fingerprint density at radius 1 is 1.18 bits per heavy atom. The molecular formula is C26H46N6O. The number of hydrogen-bond acceptors (Lipinski definition) is 6. The summed E-state index contributed by atoms with van der Waals surface area (Å²) in [6, 6.07) is 1.51. The van der Waals surface area contributed by atoms with Crippen molar-refractivity contribution in [1.82, 2.24) is 24.7 Å². The second-order valence-electron chi connectivity index (χ2n) is 10.6. The quantitative estimate of drug-likeness (QED) is 0.580. The SMILES string of the molecule is CCCN1C[C@@H](CC(=O)N(CC)CCN(C(C)C)C(C)C)C[C@@H]2Cc3nc(N)ncc3C[C@H]21. The molecule has 0 saturated carbocycles. The van der Waals surface area contributed by atoms with Gasteiger partial charge in [-0.15, -0.1) is 0 Å². The molecule has 1 aromatic rings. The van der Waals surface area contributed by atoms with Crippen LogP contribution in [0.15, 0.2) is 6.20 Å². The van der Waals surface area contributed by atoms with E-state index in [9.17, 15) is 4.79 Å². The molecule has 33 heavy (non-hydrogen) atoms. The number of amides is 1. The Morgan fingerprint density at radius 2 is 1.91 bits per heavy atom. The Morgan fingerprint density at radius 3 is 2.55 bits per heavy atom. The fourth-order valence-corrected chi connectivity index (χ4v) is 6.09. The number of carbonyl (C=O) groups is 1. The minimum Gasteiger partial charge on any atom is -0.368 e. The van der Waals surface area contributed by atoms with E-state index in [2.05, 4.69) is 66.2 Å². The predicted molar refractivity (Wildman–Crippen MR) is 135 cm³/mol. The fraction of sp³-hybridized carbons (Fsp3) is 0.808. The molecule has 0 bridgehead atoms. The third kappa shape index (κ3) is 6.44. The number of nitrogens with two attached hydrogens (primary N) is 1. The molecule has 1 aliphatic heterocycles. The lowest BCUT2D eigenvalue weighted by Crippen LogP contribution is -2.53. The molecule has 1 aromatic heterocycles. The van der Waals surface area contributed by atoms with Gasteiger partial charge in [0.15, 0.2) is 0 Å². The summed E-state index contributed by atoms with van der Waals surface area (Å²) in [6.07, 6.45) is 6.76. The number of rotatable bonds is 10. The van der Waals surface area contributed by atoms with Gasteiger partial charge in [-0.3, -0.25) is 14.6 Å². The van der Waals surface area contributed by atoms with Gasteiger partial charge in [0.05, 0.1) is 0 Å². The average molecular weight is 459 g/mol. The zero-order valence-corrected chi connectivity index (χ0v) is 21.8. The summed E-state index contributed by atoms with van der Waals surface area (Å²) < 4.78 is 0. The van der Waals surface area contributed by atoms with Crippen LogP contribution in [0.4, 0.5) is 5.95 Å². The van der Waals surface area contributed by atoms with Crippen LogP contribution in [-0.2, 0) is 17.6 Å². The largest absolute Gasteiger partial charge is 0.368 e. The summed E-state index contributed by atoms with van der Waals surface area (Å²) in [6.45, 7) is 17.9. The number of nitrogen functional groups attached to an aromatic ring is 1. The molecular weight excluding hydrogens is 412 g/mol. The molecule has 2 heterocycles.